The molecule has 0 aliphatic heterocycles. The number of nitrogens with zero attached hydrogens (tertiary/aromatic N) is 1. The van der Waals surface area contributed by atoms with E-state index in [1.165, 1.54) is 81.8 Å². The topological polar surface area (TPSA) is 12.9 Å². The normalized spacial score (nSPS) is 19.9. The van der Waals surface area contributed by atoms with E-state index in [9.17, 15) is 0 Å². The Labute approximate surface area is 170 Å². The quantitative estimate of drug-likeness (QED) is 0.314. The minimum absolute atomic E-state index is 0.547. The fourth-order valence-electron chi connectivity index (χ4n) is 4.45. The molecule has 1 aliphatic carbocycles. The first kappa shape index (κ1) is 20.4. The highest BCUT2D eigenvalue weighted by Gasteiger charge is 2.20. The first-order valence-electron chi connectivity index (χ1n) is 11.0. The van der Waals surface area contributed by atoms with Gasteiger partial charge in [0.05, 0.1) is 0 Å². The van der Waals surface area contributed by atoms with Crippen molar-refractivity contribution in [3.05, 3.63) is 53.3 Å². The van der Waals surface area contributed by atoms with E-state index in [-0.39, 0.29) is 0 Å². The van der Waals surface area contributed by atoms with Crippen molar-refractivity contribution in [2.75, 3.05) is 0 Å². The number of rotatable bonds is 9. The lowest BCUT2D eigenvalue weighted by Crippen LogP contribution is -2.15. The summed E-state index contributed by atoms with van der Waals surface area (Å²) < 4.78 is 0. The van der Waals surface area contributed by atoms with E-state index in [1.807, 2.05) is 18.3 Å². The number of hydrogen-bond donors (Lipinski definition) is 0. The van der Waals surface area contributed by atoms with Crippen molar-refractivity contribution >= 4 is 11.6 Å². The van der Waals surface area contributed by atoms with Gasteiger partial charge in [0, 0.05) is 11.8 Å². The predicted octanol–water partition coefficient (Wildman–Crippen LogP) is 8.11. The SMILES string of the molecule is CCCCCCC1CCC(CCc2ccc(-c3ccc(Cl)nc3)cc2)CC1. The molecule has 1 fully saturated rings. The second-order valence-corrected chi connectivity index (χ2v) is 8.73. The highest BCUT2D eigenvalue weighted by Crippen LogP contribution is 2.34. The summed E-state index contributed by atoms with van der Waals surface area (Å²) in [5.41, 5.74) is 3.80. The molecule has 1 aromatic heterocycles. The number of unbranched alkanes of at least 4 members (excludes halogenated alkanes) is 3. The molecule has 0 amide bonds. The molecule has 0 saturated heterocycles. The number of pyridine rings is 1. The molecule has 0 radical (unpaired) electrons. The summed E-state index contributed by atoms with van der Waals surface area (Å²) in [6, 6.07) is 12.9. The van der Waals surface area contributed by atoms with Crippen LogP contribution in [0.5, 0.6) is 0 Å². The Kier molecular flexibility index (Phi) is 8.20. The third kappa shape index (κ3) is 6.64. The molecule has 3 rings (SSSR count). The minimum atomic E-state index is 0.547. The molecule has 0 bridgehead atoms. The van der Waals surface area contributed by atoms with Gasteiger partial charge in [-0.2, -0.15) is 0 Å². The van der Waals surface area contributed by atoms with E-state index in [2.05, 4.69) is 36.2 Å². The number of hydrogen-bond acceptors (Lipinski definition) is 1. The Morgan fingerprint density at radius 2 is 1.48 bits per heavy atom. The van der Waals surface area contributed by atoms with Crippen LogP contribution >= 0.6 is 11.6 Å². The fraction of sp³-hybridized carbons (Fsp3) is 0.560. The van der Waals surface area contributed by atoms with Crippen LogP contribution in [-0.4, -0.2) is 4.98 Å². The molecule has 1 heterocycles. The molecule has 2 aromatic rings. The summed E-state index contributed by atoms with van der Waals surface area (Å²) in [6.45, 7) is 2.30. The average molecular weight is 384 g/mol. The van der Waals surface area contributed by atoms with E-state index in [0.29, 0.717) is 5.15 Å². The molecule has 1 saturated carbocycles. The van der Waals surface area contributed by atoms with Crippen LogP contribution in [0, 0.1) is 11.8 Å². The van der Waals surface area contributed by atoms with Gasteiger partial charge >= 0.3 is 0 Å². The molecule has 2 heteroatoms. The van der Waals surface area contributed by atoms with Gasteiger partial charge in [0.15, 0.2) is 0 Å². The molecular weight excluding hydrogens is 350 g/mol. The predicted molar refractivity (Wildman–Crippen MR) is 117 cm³/mol. The largest absolute Gasteiger partial charge is 0.244 e. The third-order valence-electron chi connectivity index (χ3n) is 6.29. The summed E-state index contributed by atoms with van der Waals surface area (Å²) >= 11 is 5.87. The molecule has 146 valence electrons. The highest BCUT2D eigenvalue weighted by atomic mass is 35.5. The minimum Gasteiger partial charge on any atom is -0.244 e. The zero-order valence-corrected chi connectivity index (χ0v) is 17.6. The number of benzene rings is 1. The van der Waals surface area contributed by atoms with Crippen LogP contribution in [0.15, 0.2) is 42.6 Å². The molecule has 0 spiro atoms. The van der Waals surface area contributed by atoms with Crippen LogP contribution < -0.4 is 0 Å². The first-order chi connectivity index (χ1) is 13.2. The number of aryl methyl sites for hydroxylation is 1. The van der Waals surface area contributed by atoms with Gasteiger partial charge in [0.2, 0.25) is 0 Å². The van der Waals surface area contributed by atoms with E-state index < -0.39 is 0 Å². The second kappa shape index (κ2) is 10.9. The van der Waals surface area contributed by atoms with Gasteiger partial charge in [-0.1, -0.05) is 101 Å². The van der Waals surface area contributed by atoms with Crippen LogP contribution in [0.1, 0.15) is 76.7 Å². The number of aromatic nitrogens is 1. The lowest BCUT2D eigenvalue weighted by Gasteiger charge is -2.28. The van der Waals surface area contributed by atoms with Crippen LogP contribution in [0.2, 0.25) is 5.15 Å². The molecule has 0 N–H and O–H groups in total. The summed E-state index contributed by atoms with van der Waals surface area (Å²) in [6.07, 6.45) is 17.4. The zero-order valence-electron chi connectivity index (χ0n) is 16.8. The maximum absolute atomic E-state index is 5.87. The van der Waals surface area contributed by atoms with Gasteiger partial charge in [-0.15, -0.1) is 0 Å². The van der Waals surface area contributed by atoms with Crippen LogP contribution in [0.3, 0.4) is 0 Å². The molecule has 0 atom stereocenters. The zero-order chi connectivity index (χ0) is 18.9. The molecule has 1 aromatic carbocycles. The lowest BCUT2D eigenvalue weighted by molar-refractivity contribution is 0.249. The van der Waals surface area contributed by atoms with Gasteiger partial charge in [-0.25, -0.2) is 4.98 Å². The Morgan fingerprint density at radius 3 is 2.11 bits per heavy atom. The Bertz CT molecular complexity index is 654. The van der Waals surface area contributed by atoms with Gasteiger partial charge in [0.1, 0.15) is 5.15 Å². The highest BCUT2D eigenvalue weighted by molar-refractivity contribution is 6.29. The molecule has 27 heavy (non-hydrogen) atoms. The van der Waals surface area contributed by atoms with Gasteiger partial charge in [0.25, 0.3) is 0 Å². The van der Waals surface area contributed by atoms with E-state index in [0.717, 1.165) is 17.4 Å². The molecule has 1 aliphatic rings. The van der Waals surface area contributed by atoms with Crippen molar-refractivity contribution in [3.63, 3.8) is 0 Å². The maximum atomic E-state index is 5.87. The van der Waals surface area contributed by atoms with E-state index in [4.69, 9.17) is 11.6 Å². The summed E-state index contributed by atoms with van der Waals surface area (Å²) in [5.74, 6) is 1.96. The van der Waals surface area contributed by atoms with Crippen molar-refractivity contribution in [1.29, 1.82) is 0 Å². The monoisotopic (exact) mass is 383 g/mol. The van der Waals surface area contributed by atoms with Crippen molar-refractivity contribution < 1.29 is 0 Å². The van der Waals surface area contributed by atoms with E-state index >= 15 is 0 Å². The second-order valence-electron chi connectivity index (χ2n) is 8.34. The smallest absolute Gasteiger partial charge is 0.129 e. The maximum Gasteiger partial charge on any atom is 0.129 e. The van der Waals surface area contributed by atoms with Crippen molar-refractivity contribution in [2.45, 2.75) is 77.6 Å². The Balaban J connectivity index is 1.39. The van der Waals surface area contributed by atoms with Crippen molar-refractivity contribution in [3.8, 4) is 11.1 Å². The summed E-state index contributed by atoms with van der Waals surface area (Å²) in [7, 11) is 0. The third-order valence-corrected chi connectivity index (χ3v) is 6.51. The fourth-order valence-corrected chi connectivity index (χ4v) is 4.56. The van der Waals surface area contributed by atoms with Crippen LogP contribution in [-0.2, 0) is 6.42 Å². The molecular formula is C25H34ClN. The average Bonchev–Trinajstić information content (AvgIpc) is 2.72. The molecule has 0 unspecified atom stereocenters. The summed E-state index contributed by atoms with van der Waals surface area (Å²) in [4.78, 5) is 4.17. The Hall–Kier alpha value is -1.34. The summed E-state index contributed by atoms with van der Waals surface area (Å²) in [5, 5.41) is 0.547. The van der Waals surface area contributed by atoms with Crippen LogP contribution in [0.4, 0.5) is 0 Å². The molecule has 1 nitrogen and oxygen atoms in total. The van der Waals surface area contributed by atoms with Crippen LogP contribution in [0.25, 0.3) is 11.1 Å². The lowest BCUT2D eigenvalue weighted by atomic mass is 9.77. The van der Waals surface area contributed by atoms with Crippen molar-refractivity contribution in [2.24, 2.45) is 11.8 Å². The van der Waals surface area contributed by atoms with Gasteiger partial charge in [-0.3, -0.25) is 0 Å². The van der Waals surface area contributed by atoms with Gasteiger partial charge in [-0.05, 0) is 47.9 Å². The van der Waals surface area contributed by atoms with E-state index in [1.54, 1.807) is 0 Å². The first-order valence-corrected chi connectivity index (χ1v) is 11.3. The standard InChI is InChI=1S/C25H34ClN/c1-2-3-4-5-6-20-7-9-21(10-8-20)11-12-22-13-15-23(16-14-22)24-17-18-25(26)27-19-24/h13-21H,2-12H2,1H3. The van der Waals surface area contributed by atoms with Crippen molar-refractivity contribution in [1.82, 2.24) is 4.98 Å². The van der Waals surface area contributed by atoms with Gasteiger partial charge < -0.3 is 0 Å². The Morgan fingerprint density at radius 1 is 0.815 bits per heavy atom. The number of halogens is 1.